The zero-order valence-corrected chi connectivity index (χ0v) is 13.9. The Bertz CT molecular complexity index is 1030. The number of nitrogens with one attached hydrogen (secondary N) is 2. The summed E-state index contributed by atoms with van der Waals surface area (Å²) in [5, 5.41) is 15.2. The highest BCUT2D eigenvalue weighted by Crippen LogP contribution is 2.23. The Morgan fingerprint density at radius 3 is 2.92 bits per heavy atom. The molecule has 25 heavy (non-hydrogen) atoms. The van der Waals surface area contributed by atoms with Crippen molar-refractivity contribution in [3.05, 3.63) is 54.7 Å². The van der Waals surface area contributed by atoms with Gasteiger partial charge in [0.1, 0.15) is 5.69 Å². The monoisotopic (exact) mass is 335 g/mol. The molecule has 7 heteroatoms. The lowest BCUT2D eigenvalue weighted by atomic mass is 10.2. The number of H-pyrrole nitrogens is 1. The van der Waals surface area contributed by atoms with Crippen LogP contribution in [0.5, 0.6) is 0 Å². The molecule has 0 aliphatic rings. The van der Waals surface area contributed by atoms with E-state index in [1.54, 1.807) is 24.7 Å². The molecule has 0 fully saturated rings. The smallest absolute Gasteiger partial charge is 0.273 e. The first-order valence-corrected chi connectivity index (χ1v) is 7.98. The van der Waals surface area contributed by atoms with E-state index in [1.807, 2.05) is 29.1 Å². The summed E-state index contributed by atoms with van der Waals surface area (Å²) in [4.78, 5) is 12.5. The molecule has 0 saturated heterocycles. The molecule has 4 aromatic rings. The van der Waals surface area contributed by atoms with E-state index in [2.05, 4.69) is 34.5 Å². The third-order valence-electron chi connectivity index (χ3n) is 3.98. The van der Waals surface area contributed by atoms with Gasteiger partial charge in [-0.1, -0.05) is 0 Å². The Morgan fingerprint density at radius 1 is 1.28 bits per heavy atom. The van der Waals surface area contributed by atoms with Crippen LogP contribution in [0, 0.1) is 0 Å². The fourth-order valence-electron chi connectivity index (χ4n) is 2.72. The first kappa shape index (κ1) is 15.2. The highest BCUT2D eigenvalue weighted by molar-refractivity contribution is 6.04. The van der Waals surface area contributed by atoms with Crippen LogP contribution in [-0.4, -0.2) is 25.9 Å². The second kappa shape index (κ2) is 5.94. The molecule has 2 N–H and O–H groups in total. The number of aromatic nitrogens is 4. The van der Waals surface area contributed by atoms with Gasteiger partial charge in [0.05, 0.1) is 29.9 Å². The molecule has 0 aliphatic heterocycles. The van der Waals surface area contributed by atoms with E-state index < -0.39 is 0 Å². The summed E-state index contributed by atoms with van der Waals surface area (Å²) in [7, 11) is 0. The van der Waals surface area contributed by atoms with Crippen LogP contribution in [0.3, 0.4) is 0 Å². The first-order valence-electron chi connectivity index (χ1n) is 7.98. The van der Waals surface area contributed by atoms with Gasteiger partial charge in [0, 0.05) is 22.7 Å². The lowest BCUT2D eigenvalue weighted by Gasteiger charge is -2.09. The fraction of sp³-hybridized carbons (Fsp3) is 0.167. The first-order chi connectivity index (χ1) is 12.1. The maximum Gasteiger partial charge on any atom is 0.273 e. The maximum absolute atomic E-state index is 12.5. The van der Waals surface area contributed by atoms with Crippen molar-refractivity contribution in [3.63, 3.8) is 0 Å². The van der Waals surface area contributed by atoms with Gasteiger partial charge in [0.2, 0.25) is 0 Å². The summed E-state index contributed by atoms with van der Waals surface area (Å²) in [5.74, 6) is -0.253. The second-order valence-corrected chi connectivity index (χ2v) is 6.09. The van der Waals surface area contributed by atoms with E-state index in [-0.39, 0.29) is 11.9 Å². The quantitative estimate of drug-likeness (QED) is 0.593. The van der Waals surface area contributed by atoms with Crippen LogP contribution in [0.2, 0.25) is 0 Å². The summed E-state index contributed by atoms with van der Waals surface area (Å²) in [6.45, 7) is 4.14. The summed E-state index contributed by atoms with van der Waals surface area (Å²) in [6, 6.07) is 9.46. The number of furan rings is 1. The van der Waals surface area contributed by atoms with Gasteiger partial charge in [-0.2, -0.15) is 10.2 Å². The molecule has 126 valence electrons. The molecule has 0 atom stereocenters. The molecule has 7 nitrogen and oxygen atoms in total. The summed E-state index contributed by atoms with van der Waals surface area (Å²) in [6.07, 6.45) is 4.97. The maximum atomic E-state index is 12.5. The van der Waals surface area contributed by atoms with Gasteiger partial charge in [-0.05, 0) is 44.2 Å². The average Bonchev–Trinajstić information content (AvgIpc) is 3.33. The molecule has 1 amide bonds. The molecule has 0 saturated carbocycles. The zero-order chi connectivity index (χ0) is 17.4. The van der Waals surface area contributed by atoms with Crippen LogP contribution in [0.25, 0.3) is 22.2 Å². The molecular formula is C18H17N5O2. The van der Waals surface area contributed by atoms with Crippen molar-refractivity contribution in [1.82, 2.24) is 20.0 Å². The van der Waals surface area contributed by atoms with Gasteiger partial charge in [0.25, 0.3) is 5.91 Å². The van der Waals surface area contributed by atoms with Crippen molar-refractivity contribution < 1.29 is 9.21 Å². The van der Waals surface area contributed by atoms with Crippen molar-refractivity contribution >= 4 is 22.5 Å². The Kier molecular flexibility index (Phi) is 3.61. The van der Waals surface area contributed by atoms with Crippen LogP contribution >= 0.6 is 0 Å². The zero-order valence-electron chi connectivity index (χ0n) is 13.9. The van der Waals surface area contributed by atoms with Gasteiger partial charge < -0.3 is 9.73 Å². The predicted octanol–water partition coefficient (Wildman–Crippen LogP) is 3.85. The third-order valence-corrected chi connectivity index (χ3v) is 3.98. The van der Waals surface area contributed by atoms with Gasteiger partial charge in [-0.15, -0.1) is 0 Å². The minimum Gasteiger partial charge on any atom is -0.472 e. The Balaban J connectivity index is 1.58. The number of benzene rings is 1. The lowest BCUT2D eigenvalue weighted by molar-refractivity contribution is 0.102. The number of carbonyl (C=O) groups excluding carboxylic acids is 1. The molecule has 0 aliphatic carbocycles. The molecule has 0 bridgehead atoms. The minimum absolute atomic E-state index is 0.244. The fourth-order valence-corrected chi connectivity index (χ4v) is 2.72. The molecule has 0 radical (unpaired) electrons. The largest absolute Gasteiger partial charge is 0.472 e. The molecule has 4 rings (SSSR count). The SMILES string of the molecule is CC(C)n1ncc2ccc(NC(=O)c3cc(-c4ccoc4)n[nH]3)cc21. The highest BCUT2D eigenvalue weighted by atomic mass is 16.3. The van der Waals surface area contributed by atoms with E-state index in [4.69, 9.17) is 4.42 Å². The van der Waals surface area contributed by atoms with Crippen LogP contribution < -0.4 is 5.32 Å². The third kappa shape index (κ3) is 2.80. The van der Waals surface area contributed by atoms with E-state index >= 15 is 0 Å². The van der Waals surface area contributed by atoms with Crippen molar-refractivity contribution in [2.45, 2.75) is 19.9 Å². The number of rotatable bonds is 4. The number of fused-ring (bicyclic) bond motifs is 1. The summed E-state index contributed by atoms with van der Waals surface area (Å²) >= 11 is 0. The van der Waals surface area contributed by atoms with E-state index in [0.717, 1.165) is 16.5 Å². The molecule has 3 aromatic heterocycles. The van der Waals surface area contributed by atoms with Gasteiger partial charge in [-0.25, -0.2) is 0 Å². The van der Waals surface area contributed by atoms with Crippen molar-refractivity contribution in [2.75, 3.05) is 5.32 Å². The second-order valence-electron chi connectivity index (χ2n) is 6.09. The normalized spacial score (nSPS) is 11.3. The Hall–Kier alpha value is -3.35. The average molecular weight is 335 g/mol. The number of nitrogens with zero attached hydrogens (tertiary/aromatic N) is 3. The number of hydrogen-bond acceptors (Lipinski definition) is 4. The Labute approximate surface area is 143 Å². The van der Waals surface area contributed by atoms with Gasteiger partial charge in [-0.3, -0.25) is 14.6 Å². The number of anilines is 1. The summed E-state index contributed by atoms with van der Waals surface area (Å²) in [5.41, 5.74) is 3.55. The summed E-state index contributed by atoms with van der Waals surface area (Å²) < 4.78 is 6.96. The number of carbonyl (C=O) groups is 1. The van der Waals surface area contributed by atoms with Crippen LogP contribution in [0.15, 0.2) is 53.5 Å². The number of hydrogen-bond donors (Lipinski definition) is 2. The number of aromatic amines is 1. The molecule has 0 spiro atoms. The standard InChI is InChI=1S/C18H17N5O2/c1-11(2)23-17-7-14(4-3-12(17)9-19-23)20-18(24)16-8-15(21-22-16)13-5-6-25-10-13/h3-11H,1-2H3,(H,20,24)(H,21,22). The van der Waals surface area contributed by atoms with E-state index in [9.17, 15) is 4.79 Å². The highest BCUT2D eigenvalue weighted by Gasteiger charge is 2.13. The Morgan fingerprint density at radius 2 is 2.16 bits per heavy atom. The van der Waals surface area contributed by atoms with Gasteiger partial charge >= 0.3 is 0 Å². The predicted molar refractivity (Wildman–Crippen MR) is 94.4 cm³/mol. The molecular weight excluding hydrogens is 318 g/mol. The molecule has 1 aromatic carbocycles. The minimum atomic E-state index is -0.253. The van der Waals surface area contributed by atoms with Gasteiger partial charge in [0.15, 0.2) is 0 Å². The molecule has 0 unspecified atom stereocenters. The van der Waals surface area contributed by atoms with E-state index in [1.165, 1.54) is 0 Å². The van der Waals surface area contributed by atoms with Crippen molar-refractivity contribution in [3.8, 4) is 11.3 Å². The van der Waals surface area contributed by atoms with Crippen LogP contribution in [-0.2, 0) is 0 Å². The van der Waals surface area contributed by atoms with Crippen molar-refractivity contribution in [2.24, 2.45) is 0 Å². The van der Waals surface area contributed by atoms with E-state index in [0.29, 0.717) is 17.1 Å². The topological polar surface area (TPSA) is 88.7 Å². The number of amides is 1. The van der Waals surface area contributed by atoms with Crippen LogP contribution in [0.1, 0.15) is 30.4 Å². The van der Waals surface area contributed by atoms with Crippen molar-refractivity contribution in [1.29, 1.82) is 0 Å². The lowest BCUT2D eigenvalue weighted by Crippen LogP contribution is -2.12. The molecule has 3 heterocycles. The van der Waals surface area contributed by atoms with Crippen LogP contribution in [0.4, 0.5) is 5.69 Å².